The summed E-state index contributed by atoms with van der Waals surface area (Å²) in [5, 5.41) is 23.5. The van der Waals surface area contributed by atoms with Gasteiger partial charge < -0.3 is 31.9 Å². The van der Waals surface area contributed by atoms with E-state index in [0.717, 1.165) is 0 Å². The Bertz CT molecular complexity index is 1060. The van der Waals surface area contributed by atoms with Crippen LogP contribution < -0.4 is 21.7 Å². The maximum absolute atomic E-state index is 12.2. The third-order valence-corrected chi connectivity index (χ3v) is 3.85. The summed E-state index contributed by atoms with van der Waals surface area (Å²) in [6.07, 6.45) is -2.42. The number of carbonyl (C=O) groups is 5. The number of carboxylic acid groups (broad SMARTS) is 2. The van der Waals surface area contributed by atoms with Crippen molar-refractivity contribution < 1.29 is 47.4 Å². The van der Waals surface area contributed by atoms with Crippen molar-refractivity contribution in [3.8, 4) is 0 Å². The molecule has 0 aliphatic carbocycles. The van der Waals surface area contributed by atoms with E-state index in [1.165, 1.54) is 24.5 Å². The van der Waals surface area contributed by atoms with E-state index in [1.54, 1.807) is 24.3 Å². The van der Waals surface area contributed by atoms with Gasteiger partial charge in [0.15, 0.2) is 0 Å². The van der Waals surface area contributed by atoms with Gasteiger partial charge in [0, 0.05) is 23.6 Å². The Morgan fingerprint density at radius 3 is 2.23 bits per heavy atom. The molecular formula is C20H20F3N5O7. The van der Waals surface area contributed by atoms with E-state index in [1.807, 2.05) is 0 Å². The number of pyridine rings is 1. The number of halogens is 3. The molecule has 1 heterocycles. The Morgan fingerprint density at radius 2 is 1.71 bits per heavy atom. The molecule has 0 spiro atoms. The number of aliphatic carboxylic acids is 2. The van der Waals surface area contributed by atoms with Gasteiger partial charge in [-0.05, 0) is 29.8 Å². The lowest BCUT2D eigenvalue weighted by atomic mass is 10.1. The maximum Gasteiger partial charge on any atom is 0.490 e. The minimum absolute atomic E-state index is 0.216. The first-order valence-electron chi connectivity index (χ1n) is 9.45. The number of hydrogen-bond donors (Lipinski definition) is 6. The van der Waals surface area contributed by atoms with Gasteiger partial charge in [-0.3, -0.25) is 19.4 Å². The highest BCUT2D eigenvalue weighted by atomic mass is 19.4. The summed E-state index contributed by atoms with van der Waals surface area (Å²) in [6.45, 7) is -0.358. The zero-order valence-corrected chi connectivity index (χ0v) is 17.7. The summed E-state index contributed by atoms with van der Waals surface area (Å²) in [5.41, 5.74) is 6.12. The predicted octanol–water partition coefficient (Wildman–Crippen LogP) is 1.27. The van der Waals surface area contributed by atoms with E-state index >= 15 is 0 Å². The standard InChI is InChI=1S/C18H19N5O5.C2HF3O2/c19-18(28)22-13-5-1-3-11(7-13)17(27)21-10-15(24)23-14(8-16(25)26)12-4-2-6-20-9-12;3-2(4,5)1(6)7/h1-7,9,14H,8,10H2,(H,21,27)(H,23,24)(H,25,26)(H3,19,22,28);(H,6,7). The molecule has 0 fully saturated rings. The molecule has 0 saturated heterocycles. The van der Waals surface area contributed by atoms with Crippen molar-refractivity contribution in [2.75, 3.05) is 11.9 Å². The first-order chi connectivity index (χ1) is 16.3. The molecule has 0 radical (unpaired) electrons. The first-order valence-corrected chi connectivity index (χ1v) is 9.45. The summed E-state index contributed by atoms with van der Waals surface area (Å²) in [7, 11) is 0. The van der Waals surface area contributed by atoms with Crippen molar-refractivity contribution in [2.24, 2.45) is 5.73 Å². The van der Waals surface area contributed by atoms with Crippen LogP contribution in [0.5, 0.6) is 0 Å². The van der Waals surface area contributed by atoms with E-state index in [0.29, 0.717) is 11.3 Å². The number of primary amides is 1. The van der Waals surface area contributed by atoms with Crippen LogP contribution in [0.3, 0.4) is 0 Å². The SMILES string of the molecule is NC(=O)Nc1cccc(C(=O)NCC(=O)NC(CC(=O)O)c2cccnc2)c1.O=C(O)C(F)(F)F. The lowest BCUT2D eigenvalue weighted by molar-refractivity contribution is -0.192. The largest absolute Gasteiger partial charge is 0.490 e. The fourth-order valence-electron chi connectivity index (χ4n) is 2.40. The molecule has 1 unspecified atom stereocenters. The predicted molar refractivity (Wildman–Crippen MR) is 113 cm³/mol. The molecule has 15 heteroatoms. The maximum atomic E-state index is 12.2. The molecule has 2 aromatic rings. The number of alkyl halides is 3. The van der Waals surface area contributed by atoms with Crippen LogP contribution in [-0.4, -0.2) is 57.7 Å². The second kappa shape index (κ2) is 13.1. The van der Waals surface area contributed by atoms with Crippen LogP contribution in [0.1, 0.15) is 28.4 Å². The Labute approximate surface area is 195 Å². The van der Waals surface area contributed by atoms with Crippen LogP contribution in [0.2, 0.25) is 0 Å². The number of urea groups is 1. The number of aromatic nitrogens is 1. The van der Waals surface area contributed by atoms with E-state index in [9.17, 15) is 32.3 Å². The van der Waals surface area contributed by atoms with Gasteiger partial charge in [0.25, 0.3) is 5.91 Å². The Hall–Kier alpha value is -4.69. The molecule has 12 nitrogen and oxygen atoms in total. The molecule has 0 aliphatic heterocycles. The summed E-state index contributed by atoms with van der Waals surface area (Å²) < 4.78 is 31.7. The Morgan fingerprint density at radius 1 is 1.06 bits per heavy atom. The van der Waals surface area contributed by atoms with Crippen LogP contribution in [0, 0.1) is 0 Å². The summed E-state index contributed by atoms with van der Waals surface area (Å²) in [6, 6.07) is 7.74. The number of rotatable bonds is 8. The van der Waals surface area contributed by atoms with Crippen molar-refractivity contribution in [3.05, 3.63) is 59.9 Å². The van der Waals surface area contributed by atoms with Crippen molar-refractivity contribution in [1.29, 1.82) is 0 Å². The monoisotopic (exact) mass is 499 g/mol. The number of carboxylic acids is 2. The van der Waals surface area contributed by atoms with Gasteiger partial charge in [-0.1, -0.05) is 12.1 Å². The molecule has 1 aromatic carbocycles. The van der Waals surface area contributed by atoms with E-state index in [-0.39, 0.29) is 18.5 Å². The number of anilines is 1. The van der Waals surface area contributed by atoms with Crippen LogP contribution in [0.25, 0.3) is 0 Å². The molecule has 188 valence electrons. The first kappa shape index (κ1) is 28.3. The normalized spacial score (nSPS) is 11.2. The highest BCUT2D eigenvalue weighted by molar-refractivity contribution is 5.98. The molecule has 1 atom stereocenters. The zero-order valence-electron chi connectivity index (χ0n) is 17.7. The summed E-state index contributed by atoms with van der Waals surface area (Å²) in [4.78, 5) is 59.0. The van der Waals surface area contributed by atoms with Crippen LogP contribution in [0.4, 0.5) is 23.7 Å². The van der Waals surface area contributed by atoms with Gasteiger partial charge in [-0.25, -0.2) is 9.59 Å². The minimum atomic E-state index is -5.08. The highest BCUT2D eigenvalue weighted by Crippen LogP contribution is 2.15. The molecule has 0 bridgehead atoms. The van der Waals surface area contributed by atoms with Gasteiger partial charge in [-0.15, -0.1) is 0 Å². The lowest BCUT2D eigenvalue weighted by Gasteiger charge is -2.17. The van der Waals surface area contributed by atoms with Crippen LogP contribution in [-0.2, 0) is 14.4 Å². The molecule has 0 saturated carbocycles. The fourth-order valence-corrected chi connectivity index (χ4v) is 2.40. The zero-order chi connectivity index (χ0) is 26.6. The van der Waals surface area contributed by atoms with Crippen molar-refractivity contribution >= 4 is 35.5 Å². The van der Waals surface area contributed by atoms with Gasteiger partial charge in [0.2, 0.25) is 5.91 Å². The third kappa shape index (κ3) is 11.1. The number of nitrogens with one attached hydrogen (secondary N) is 3. The number of benzene rings is 1. The lowest BCUT2D eigenvalue weighted by Crippen LogP contribution is -2.39. The van der Waals surface area contributed by atoms with Gasteiger partial charge in [0.05, 0.1) is 19.0 Å². The molecule has 1 aromatic heterocycles. The van der Waals surface area contributed by atoms with Gasteiger partial charge in [0.1, 0.15) is 0 Å². The molecule has 2 rings (SSSR count). The van der Waals surface area contributed by atoms with Crippen molar-refractivity contribution in [2.45, 2.75) is 18.6 Å². The van der Waals surface area contributed by atoms with E-state index in [4.69, 9.17) is 20.7 Å². The number of carbonyl (C=O) groups excluding carboxylic acids is 3. The molecule has 7 N–H and O–H groups in total. The summed E-state index contributed by atoms with van der Waals surface area (Å²) in [5.74, 6) is -4.95. The topological polar surface area (TPSA) is 201 Å². The van der Waals surface area contributed by atoms with E-state index in [2.05, 4.69) is 20.9 Å². The number of amides is 4. The van der Waals surface area contributed by atoms with Gasteiger partial charge in [-0.2, -0.15) is 13.2 Å². The van der Waals surface area contributed by atoms with Crippen LogP contribution >= 0.6 is 0 Å². The minimum Gasteiger partial charge on any atom is -0.481 e. The summed E-state index contributed by atoms with van der Waals surface area (Å²) >= 11 is 0. The fraction of sp³-hybridized carbons (Fsp3) is 0.200. The average Bonchev–Trinajstić information content (AvgIpc) is 2.77. The number of nitrogens with zero attached hydrogens (tertiary/aromatic N) is 1. The van der Waals surface area contributed by atoms with E-state index < -0.39 is 42.0 Å². The van der Waals surface area contributed by atoms with Crippen molar-refractivity contribution in [1.82, 2.24) is 15.6 Å². The molecule has 0 aliphatic rings. The highest BCUT2D eigenvalue weighted by Gasteiger charge is 2.38. The Kier molecular flexibility index (Phi) is 10.6. The molecular weight excluding hydrogens is 479 g/mol. The smallest absolute Gasteiger partial charge is 0.481 e. The number of hydrogen-bond acceptors (Lipinski definition) is 6. The Balaban J connectivity index is 0.000000762. The second-order valence-corrected chi connectivity index (χ2v) is 6.56. The van der Waals surface area contributed by atoms with Crippen LogP contribution in [0.15, 0.2) is 48.8 Å². The third-order valence-electron chi connectivity index (χ3n) is 3.85. The van der Waals surface area contributed by atoms with Gasteiger partial charge >= 0.3 is 24.1 Å². The number of nitrogens with two attached hydrogens (primary N) is 1. The van der Waals surface area contributed by atoms with Crippen molar-refractivity contribution in [3.63, 3.8) is 0 Å². The molecule has 4 amide bonds. The molecule has 35 heavy (non-hydrogen) atoms. The average molecular weight is 499 g/mol. The second-order valence-electron chi connectivity index (χ2n) is 6.56. The quantitative estimate of drug-likeness (QED) is 0.312.